The van der Waals surface area contributed by atoms with Crippen LogP contribution in [-0.2, 0) is 0 Å². The van der Waals surface area contributed by atoms with Gasteiger partial charge >= 0.3 is 23.1 Å². The van der Waals surface area contributed by atoms with Gasteiger partial charge in [-0.1, -0.05) is 104 Å². The predicted molar refractivity (Wildman–Crippen MR) is 91.3 cm³/mol. The molecule has 0 rings (SSSR count). The van der Waals surface area contributed by atoms with Crippen molar-refractivity contribution in [2.24, 2.45) is 11.8 Å². The Morgan fingerprint density at radius 3 is 1.14 bits per heavy atom. The summed E-state index contributed by atoms with van der Waals surface area (Å²) in [6.07, 6.45) is 12.0. The molecule has 0 aliphatic carbocycles. The van der Waals surface area contributed by atoms with Crippen LogP contribution < -0.4 is 10.2 Å². The van der Waals surface area contributed by atoms with Crippen LogP contribution in [-0.4, -0.2) is 36.3 Å². The van der Waals surface area contributed by atoms with E-state index in [9.17, 15) is 10.2 Å². The first kappa shape index (κ1) is 26.6. The number of hydrogen-bond acceptors (Lipinski definition) is 2. The zero-order valence-corrected chi connectivity index (χ0v) is 16.6. The normalized spacial score (nSPS) is 12.9. The minimum absolute atomic E-state index is 0. The molecule has 2 atom stereocenters. The molecule has 0 aromatic heterocycles. The zero-order valence-electron chi connectivity index (χ0n) is 15.2. The summed E-state index contributed by atoms with van der Waals surface area (Å²) in [5.41, 5.74) is 0. The van der Waals surface area contributed by atoms with Crippen LogP contribution in [0.25, 0.3) is 0 Å². The SMILES string of the molecule is CCCCCC(CC)C[O-].CCCCCC(CC)C[O-].[Mg+2]. The molecule has 2 unspecified atom stereocenters. The second-order valence-corrected chi connectivity index (χ2v) is 5.87. The fourth-order valence-electron chi connectivity index (χ4n) is 2.18. The molecule has 0 aromatic carbocycles. The van der Waals surface area contributed by atoms with Crippen molar-refractivity contribution in [1.29, 1.82) is 0 Å². The molecule has 21 heavy (non-hydrogen) atoms. The van der Waals surface area contributed by atoms with Gasteiger partial charge in [-0.2, -0.15) is 0 Å². The number of rotatable bonds is 12. The van der Waals surface area contributed by atoms with Crippen molar-refractivity contribution < 1.29 is 10.2 Å². The van der Waals surface area contributed by atoms with Gasteiger partial charge in [-0.3, -0.25) is 0 Å². The first-order valence-electron chi connectivity index (χ1n) is 8.86. The Bertz CT molecular complexity index is 139. The van der Waals surface area contributed by atoms with Crippen LogP contribution >= 0.6 is 0 Å². The quantitative estimate of drug-likeness (QED) is 0.409. The molecule has 0 aromatic rings. The van der Waals surface area contributed by atoms with Gasteiger partial charge in [0, 0.05) is 0 Å². The molecule has 124 valence electrons. The second-order valence-electron chi connectivity index (χ2n) is 5.87. The summed E-state index contributed by atoms with van der Waals surface area (Å²) in [5.74, 6) is 0.901. The van der Waals surface area contributed by atoms with E-state index in [1.165, 1.54) is 38.5 Å². The molecule has 0 aliphatic rings. The predicted octanol–water partition coefficient (Wildman–Crippen LogP) is 3.53. The topological polar surface area (TPSA) is 46.1 Å². The molecule has 3 heteroatoms. The summed E-state index contributed by atoms with van der Waals surface area (Å²) in [6.45, 7) is 8.85. The molecular weight excluding hydrogens is 273 g/mol. The van der Waals surface area contributed by atoms with E-state index in [0.29, 0.717) is 11.8 Å². The molecule has 0 spiro atoms. The molecule has 0 heterocycles. The Labute approximate surface area is 150 Å². The molecule has 0 amide bonds. The van der Waals surface area contributed by atoms with Crippen LogP contribution in [0.3, 0.4) is 0 Å². The largest absolute Gasteiger partial charge is 2.00 e. The van der Waals surface area contributed by atoms with Crippen molar-refractivity contribution in [3.05, 3.63) is 0 Å². The monoisotopic (exact) mass is 310 g/mol. The summed E-state index contributed by atoms with van der Waals surface area (Å²) in [4.78, 5) is 0. The maximum atomic E-state index is 10.5. The fraction of sp³-hybridized carbons (Fsp3) is 1.00. The maximum absolute atomic E-state index is 10.5. The van der Waals surface area contributed by atoms with Crippen molar-refractivity contribution in [3.8, 4) is 0 Å². The first-order valence-corrected chi connectivity index (χ1v) is 8.86. The van der Waals surface area contributed by atoms with Crippen molar-refractivity contribution in [2.75, 3.05) is 13.2 Å². The van der Waals surface area contributed by atoms with Crippen LogP contribution in [0.4, 0.5) is 0 Å². The van der Waals surface area contributed by atoms with Crippen LogP contribution in [0.5, 0.6) is 0 Å². The van der Waals surface area contributed by atoms with Gasteiger partial charge in [0.15, 0.2) is 0 Å². The number of hydrogen-bond donors (Lipinski definition) is 0. The van der Waals surface area contributed by atoms with Crippen LogP contribution in [0.15, 0.2) is 0 Å². The van der Waals surface area contributed by atoms with E-state index in [0.717, 1.165) is 25.7 Å². The van der Waals surface area contributed by atoms with Gasteiger partial charge in [-0.15, -0.1) is 13.2 Å². The van der Waals surface area contributed by atoms with Gasteiger partial charge in [-0.25, -0.2) is 0 Å². The zero-order chi connectivity index (χ0) is 15.6. The number of unbranched alkanes of at least 4 members (excludes halogenated alkanes) is 4. The van der Waals surface area contributed by atoms with E-state index in [4.69, 9.17) is 0 Å². The van der Waals surface area contributed by atoms with E-state index in [1.54, 1.807) is 0 Å². The molecular formula is C18H38MgO2. The first-order chi connectivity index (χ1) is 9.69. The molecule has 0 radical (unpaired) electrons. The van der Waals surface area contributed by atoms with Gasteiger partial charge in [0.05, 0.1) is 0 Å². The molecule has 0 aliphatic heterocycles. The fourth-order valence-corrected chi connectivity index (χ4v) is 2.18. The van der Waals surface area contributed by atoms with Crippen molar-refractivity contribution in [3.63, 3.8) is 0 Å². The minimum Gasteiger partial charge on any atom is -0.854 e. The van der Waals surface area contributed by atoms with Crippen LogP contribution in [0.1, 0.15) is 91.9 Å². The molecule has 0 fully saturated rings. The molecule has 0 saturated carbocycles. The Balaban J connectivity index is -0.000000295. The Kier molecular flexibility index (Phi) is 29.1. The third-order valence-electron chi connectivity index (χ3n) is 4.06. The standard InChI is InChI=1S/2C9H19O.Mg/c2*1-3-5-6-7-9(4-2)8-10;/h2*9H,3-8H2,1-2H3;/q2*-1;+2. The third-order valence-corrected chi connectivity index (χ3v) is 4.06. The summed E-state index contributed by atoms with van der Waals surface area (Å²) >= 11 is 0. The van der Waals surface area contributed by atoms with E-state index in [2.05, 4.69) is 27.7 Å². The summed E-state index contributed by atoms with van der Waals surface area (Å²) < 4.78 is 0. The second kappa shape index (κ2) is 23.0. The van der Waals surface area contributed by atoms with Crippen molar-refractivity contribution in [2.45, 2.75) is 91.9 Å². The van der Waals surface area contributed by atoms with E-state index >= 15 is 0 Å². The van der Waals surface area contributed by atoms with Crippen molar-refractivity contribution in [1.82, 2.24) is 0 Å². The minimum atomic E-state index is 0. The van der Waals surface area contributed by atoms with Gasteiger partial charge < -0.3 is 10.2 Å². The van der Waals surface area contributed by atoms with Crippen LogP contribution in [0, 0.1) is 11.8 Å². The van der Waals surface area contributed by atoms with Gasteiger partial charge in [0.1, 0.15) is 0 Å². The molecule has 0 N–H and O–H groups in total. The van der Waals surface area contributed by atoms with Crippen molar-refractivity contribution >= 4 is 23.1 Å². The van der Waals surface area contributed by atoms with E-state index in [1.807, 2.05) is 0 Å². The smallest absolute Gasteiger partial charge is 0.854 e. The Hall–Kier alpha value is 0.686. The van der Waals surface area contributed by atoms with E-state index in [-0.39, 0.29) is 36.3 Å². The maximum Gasteiger partial charge on any atom is 2.00 e. The van der Waals surface area contributed by atoms with Gasteiger partial charge in [0.25, 0.3) is 0 Å². The molecule has 0 saturated heterocycles. The van der Waals surface area contributed by atoms with E-state index < -0.39 is 0 Å². The van der Waals surface area contributed by atoms with Crippen LogP contribution in [0.2, 0.25) is 0 Å². The van der Waals surface area contributed by atoms with Gasteiger partial charge in [0.2, 0.25) is 0 Å². The molecule has 0 bridgehead atoms. The van der Waals surface area contributed by atoms with Gasteiger partial charge in [-0.05, 0) is 0 Å². The molecule has 2 nitrogen and oxygen atoms in total. The summed E-state index contributed by atoms with van der Waals surface area (Å²) in [5, 5.41) is 20.9. The Morgan fingerprint density at radius 1 is 0.619 bits per heavy atom. The average Bonchev–Trinajstić information content (AvgIpc) is 2.49. The summed E-state index contributed by atoms with van der Waals surface area (Å²) in [6, 6.07) is 0. The summed E-state index contributed by atoms with van der Waals surface area (Å²) in [7, 11) is 0. The Morgan fingerprint density at radius 2 is 0.952 bits per heavy atom. The third kappa shape index (κ3) is 20.7. The average molecular weight is 311 g/mol.